The zero-order valence-corrected chi connectivity index (χ0v) is 31.6. The molecule has 52 heavy (non-hydrogen) atoms. The van der Waals surface area contributed by atoms with Crippen LogP contribution >= 0.6 is 23.2 Å². The number of carbonyl (C=O) groups excluding carboxylic acids is 4. The van der Waals surface area contributed by atoms with Gasteiger partial charge in [0.05, 0.1) is 10.0 Å². The predicted molar refractivity (Wildman–Crippen MR) is 208 cm³/mol. The number of Topliss-reactive ketones (excluding diaryl/α,β-unsaturated/α-hetero) is 2. The van der Waals surface area contributed by atoms with E-state index in [2.05, 4.69) is 44.9 Å². The lowest BCUT2D eigenvalue weighted by Gasteiger charge is -2.14. The summed E-state index contributed by atoms with van der Waals surface area (Å²) in [5, 5.41) is 22.5. The Bertz CT molecular complexity index is 1900. The Morgan fingerprint density at radius 2 is 0.942 bits per heavy atom. The van der Waals surface area contributed by atoms with Gasteiger partial charge in [-0.2, -0.15) is 20.5 Å². The third-order valence-corrected chi connectivity index (χ3v) is 9.10. The Kier molecular flexibility index (Phi) is 14.1. The molecule has 0 spiro atoms. The fraction of sp³-hybridized carbons (Fsp3) is 0.300. The number of rotatable bonds is 15. The number of hydrogen-bond donors (Lipinski definition) is 2. The van der Waals surface area contributed by atoms with Crippen LogP contribution in [-0.2, 0) is 44.9 Å². The van der Waals surface area contributed by atoms with E-state index in [0.29, 0.717) is 35.3 Å². The molecule has 4 aromatic carbocycles. The summed E-state index contributed by atoms with van der Waals surface area (Å²) >= 11 is 13.1. The monoisotopic (exact) mass is 740 g/mol. The summed E-state index contributed by atoms with van der Waals surface area (Å²) in [6.45, 7) is 10.7. The molecule has 2 N–H and O–H groups in total. The average Bonchev–Trinajstić information content (AvgIpc) is 3.12. The van der Waals surface area contributed by atoms with Crippen molar-refractivity contribution >= 4 is 69.3 Å². The highest BCUT2D eigenvalue weighted by Crippen LogP contribution is 2.35. The van der Waals surface area contributed by atoms with Crippen LogP contribution in [-0.4, -0.2) is 35.5 Å². The van der Waals surface area contributed by atoms with E-state index in [-0.39, 0.29) is 21.4 Å². The van der Waals surface area contributed by atoms with Crippen LogP contribution in [0.2, 0.25) is 10.0 Å². The van der Waals surface area contributed by atoms with E-state index in [1.807, 2.05) is 50.2 Å². The largest absolute Gasteiger partial charge is 0.324 e. The summed E-state index contributed by atoms with van der Waals surface area (Å²) in [7, 11) is 0. The lowest BCUT2D eigenvalue weighted by molar-refractivity contribution is -0.127. The summed E-state index contributed by atoms with van der Waals surface area (Å²) < 4.78 is 0. The van der Waals surface area contributed by atoms with Gasteiger partial charge < -0.3 is 10.6 Å². The molecule has 12 heteroatoms. The van der Waals surface area contributed by atoms with E-state index in [1.54, 1.807) is 36.4 Å². The molecule has 0 radical (unpaired) electrons. The summed E-state index contributed by atoms with van der Waals surface area (Å²) in [5.41, 5.74) is 7.40. The molecule has 2 atom stereocenters. The highest BCUT2D eigenvalue weighted by atomic mass is 35.5. The number of aryl methyl sites for hydroxylation is 4. The van der Waals surface area contributed by atoms with Gasteiger partial charge in [-0.15, -0.1) is 0 Å². The highest BCUT2D eigenvalue weighted by Gasteiger charge is 2.25. The number of hydrogen-bond acceptors (Lipinski definition) is 8. The number of benzene rings is 4. The van der Waals surface area contributed by atoms with Crippen LogP contribution in [0.3, 0.4) is 0 Å². The Morgan fingerprint density at radius 1 is 0.558 bits per heavy atom. The van der Waals surface area contributed by atoms with Crippen LogP contribution in [0.25, 0.3) is 11.1 Å². The number of anilines is 2. The van der Waals surface area contributed by atoms with Crippen LogP contribution in [0.4, 0.5) is 22.7 Å². The summed E-state index contributed by atoms with van der Waals surface area (Å²) in [4.78, 5) is 50.9. The van der Waals surface area contributed by atoms with Gasteiger partial charge >= 0.3 is 0 Å². The Balaban J connectivity index is 1.47. The van der Waals surface area contributed by atoms with Gasteiger partial charge in [0.25, 0.3) is 11.8 Å². The lowest BCUT2D eigenvalue weighted by Crippen LogP contribution is -2.32. The van der Waals surface area contributed by atoms with Crippen molar-refractivity contribution in [2.75, 3.05) is 10.6 Å². The molecule has 2 amide bonds. The molecule has 0 aliphatic heterocycles. The summed E-state index contributed by atoms with van der Waals surface area (Å²) in [6.07, 6.45) is 3.16. The van der Waals surface area contributed by atoms with E-state index in [4.69, 9.17) is 23.2 Å². The van der Waals surface area contributed by atoms with E-state index < -0.39 is 35.5 Å². The molecule has 4 aromatic rings. The van der Waals surface area contributed by atoms with Gasteiger partial charge in [-0.1, -0.05) is 87.3 Å². The van der Waals surface area contributed by atoms with Gasteiger partial charge in [-0.3, -0.25) is 19.2 Å². The van der Waals surface area contributed by atoms with E-state index in [1.165, 1.54) is 13.8 Å². The van der Waals surface area contributed by atoms with Crippen LogP contribution in [0.15, 0.2) is 93.3 Å². The lowest BCUT2D eigenvalue weighted by atomic mass is 10.0. The van der Waals surface area contributed by atoms with E-state index >= 15 is 0 Å². The van der Waals surface area contributed by atoms with E-state index in [9.17, 15) is 19.2 Å². The number of amides is 2. The Morgan fingerprint density at radius 3 is 1.25 bits per heavy atom. The molecule has 0 aliphatic carbocycles. The van der Waals surface area contributed by atoms with Crippen LogP contribution < -0.4 is 10.6 Å². The molecule has 10 nitrogen and oxygen atoms in total. The second-order valence-electron chi connectivity index (χ2n) is 12.2. The number of azo groups is 2. The van der Waals surface area contributed by atoms with Gasteiger partial charge in [0.2, 0.25) is 12.1 Å². The SMILES string of the molecule is CCc1ccc(NC(=O)C(N=Nc2ccc(-c3ccc(N=NC(C(C)=O)C(=O)Nc4ccc(CC)cc4CC)c(Cl)c3)cc2Cl)C(C)=O)c(CC)c1. The van der Waals surface area contributed by atoms with E-state index in [0.717, 1.165) is 35.1 Å². The minimum atomic E-state index is -1.36. The topological polar surface area (TPSA) is 142 Å². The fourth-order valence-corrected chi connectivity index (χ4v) is 5.81. The van der Waals surface area contributed by atoms with Crippen molar-refractivity contribution in [2.24, 2.45) is 20.5 Å². The van der Waals surface area contributed by atoms with Gasteiger partial charge in [-0.05, 0) is 109 Å². The molecule has 0 fully saturated rings. The Labute approximate surface area is 314 Å². The standard InChI is InChI=1S/C40H42Cl2N6O4/c1-7-25-11-15-33(27(9-3)19-25)43-39(51)37(23(5)49)47-45-35-17-13-29(21-31(35)41)30-14-18-36(32(42)22-30)46-48-38(24(6)50)40(52)44-34-16-12-26(8-2)20-28(34)10-4/h11-22,37-38H,7-10H2,1-6H3,(H,43,51)(H,44,52). The maximum absolute atomic E-state index is 13.1. The molecule has 2 unspecified atom stereocenters. The first-order valence-electron chi connectivity index (χ1n) is 17.2. The third-order valence-electron chi connectivity index (χ3n) is 8.49. The van der Waals surface area contributed by atoms with Crippen molar-refractivity contribution in [1.82, 2.24) is 0 Å². The first-order valence-corrected chi connectivity index (χ1v) is 17.9. The van der Waals surface area contributed by atoms with Gasteiger partial charge in [0.15, 0.2) is 11.6 Å². The number of nitrogens with one attached hydrogen (secondary N) is 2. The van der Waals surface area contributed by atoms with Crippen molar-refractivity contribution < 1.29 is 19.2 Å². The molecule has 0 aromatic heterocycles. The van der Waals surface area contributed by atoms with Crippen molar-refractivity contribution in [1.29, 1.82) is 0 Å². The van der Waals surface area contributed by atoms with Gasteiger partial charge in [0, 0.05) is 11.4 Å². The minimum absolute atomic E-state index is 0.234. The van der Waals surface area contributed by atoms with Crippen LogP contribution in [0.5, 0.6) is 0 Å². The highest BCUT2D eigenvalue weighted by molar-refractivity contribution is 6.34. The summed E-state index contributed by atoms with van der Waals surface area (Å²) in [5.74, 6) is -2.10. The first kappa shape index (κ1) is 39.7. The van der Waals surface area contributed by atoms with Crippen LogP contribution in [0.1, 0.15) is 63.8 Å². The minimum Gasteiger partial charge on any atom is -0.324 e. The third kappa shape index (κ3) is 10.0. The van der Waals surface area contributed by atoms with Gasteiger partial charge in [0.1, 0.15) is 11.4 Å². The molecule has 4 rings (SSSR count). The number of carbonyl (C=O) groups is 4. The molecule has 270 valence electrons. The first-order chi connectivity index (χ1) is 24.9. The predicted octanol–water partition coefficient (Wildman–Crippen LogP) is 10.3. The normalized spacial score (nSPS) is 12.5. The molecular formula is C40H42Cl2N6O4. The summed E-state index contributed by atoms with van der Waals surface area (Å²) in [6, 6.07) is 18.9. The maximum atomic E-state index is 13.1. The number of nitrogens with zero attached hydrogens (tertiary/aromatic N) is 4. The second-order valence-corrected chi connectivity index (χ2v) is 13.0. The second kappa shape index (κ2) is 18.4. The van der Waals surface area contributed by atoms with Crippen molar-refractivity contribution in [3.63, 3.8) is 0 Å². The van der Waals surface area contributed by atoms with Crippen molar-refractivity contribution in [2.45, 2.75) is 79.3 Å². The van der Waals surface area contributed by atoms with Gasteiger partial charge in [-0.25, -0.2) is 0 Å². The zero-order chi connectivity index (χ0) is 37.9. The zero-order valence-electron chi connectivity index (χ0n) is 30.1. The van der Waals surface area contributed by atoms with Crippen molar-refractivity contribution in [3.05, 3.63) is 105 Å². The Hall–Kier alpha value is -5.06. The van der Waals surface area contributed by atoms with Crippen molar-refractivity contribution in [3.8, 4) is 11.1 Å². The molecule has 0 saturated carbocycles. The molecule has 0 heterocycles. The average molecular weight is 742 g/mol. The molecule has 0 saturated heterocycles. The quantitative estimate of drug-likeness (QED) is 0.0924. The molecule has 0 bridgehead atoms. The molecular weight excluding hydrogens is 699 g/mol. The smallest absolute Gasteiger partial charge is 0.258 e. The molecule has 0 aliphatic rings. The maximum Gasteiger partial charge on any atom is 0.258 e. The van der Waals surface area contributed by atoms with Crippen LogP contribution in [0, 0.1) is 0 Å². The fourth-order valence-electron chi connectivity index (χ4n) is 5.38. The number of ketones is 2. The number of halogens is 2.